The van der Waals surface area contributed by atoms with Crippen molar-refractivity contribution in [3.63, 3.8) is 0 Å². The van der Waals surface area contributed by atoms with Crippen molar-refractivity contribution in [2.75, 3.05) is 0 Å². The lowest BCUT2D eigenvalue weighted by Gasteiger charge is -2.18. The third kappa shape index (κ3) is 3.47. The van der Waals surface area contributed by atoms with E-state index in [1.165, 1.54) is 11.8 Å². The number of aryl methyl sites for hydroxylation is 1. The summed E-state index contributed by atoms with van der Waals surface area (Å²) in [5.74, 6) is 1.63. The van der Waals surface area contributed by atoms with E-state index in [0.717, 1.165) is 22.7 Å². The molecule has 4 aromatic rings. The topological polar surface area (TPSA) is 60.9 Å². The van der Waals surface area contributed by atoms with Crippen molar-refractivity contribution in [1.82, 2.24) is 14.7 Å². The summed E-state index contributed by atoms with van der Waals surface area (Å²) in [6.45, 7) is 6.12. The van der Waals surface area contributed by atoms with Crippen molar-refractivity contribution in [2.24, 2.45) is 0 Å². The minimum absolute atomic E-state index is 0.0578. The van der Waals surface area contributed by atoms with Crippen molar-refractivity contribution < 1.29 is 4.52 Å². The Balaban J connectivity index is 1.90. The van der Waals surface area contributed by atoms with E-state index >= 15 is 0 Å². The molecule has 0 aliphatic rings. The minimum atomic E-state index is -0.0578. The van der Waals surface area contributed by atoms with E-state index in [1.54, 1.807) is 4.57 Å². The van der Waals surface area contributed by atoms with E-state index in [-0.39, 0.29) is 11.5 Å². The Morgan fingerprint density at radius 3 is 2.61 bits per heavy atom. The first-order valence-electron chi connectivity index (χ1n) is 9.20. The molecule has 28 heavy (non-hydrogen) atoms. The van der Waals surface area contributed by atoms with Gasteiger partial charge in [-0.3, -0.25) is 9.36 Å². The van der Waals surface area contributed by atoms with E-state index in [1.807, 2.05) is 55.5 Å². The van der Waals surface area contributed by atoms with Crippen LogP contribution in [-0.4, -0.2) is 14.7 Å². The summed E-state index contributed by atoms with van der Waals surface area (Å²) in [6, 6.07) is 17.4. The molecule has 4 rings (SSSR count). The largest absolute Gasteiger partial charge is 0.361 e. The van der Waals surface area contributed by atoms with Crippen LogP contribution in [0.5, 0.6) is 0 Å². The Bertz CT molecular complexity index is 1190. The number of benzene rings is 2. The summed E-state index contributed by atoms with van der Waals surface area (Å²) in [5, 5.41) is 5.32. The Morgan fingerprint density at radius 2 is 1.86 bits per heavy atom. The molecule has 0 radical (unpaired) electrons. The molecule has 0 aliphatic heterocycles. The van der Waals surface area contributed by atoms with E-state index in [9.17, 15) is 4.79 Å². The third-order valence-corrected chi connectivity index (χ3v) is 5.54. The fourth-order valence-electron chi connectivity index (χ4n) is 3.23. The Morgan fingerprint density at radius 1 is 1.11 bits per heavy atom. The molecule has 142 valence electrons. The van der Waals surface area contributed by atoms with Crippen molar-refractivity contribution in [3.8, 4) is 5.69 Å². The molecule has 0 N–H and O–H groups in total. The van der Waals surface area contributed by atoms with Gasteiger partial charge in [0.2, 0.25) is 0 Å². The van der Waals surface area contributed by atoms with Crippen LogP contribution in [0.1, 0.15) is 36.8 Å². The molecule has 0 fully saturated rings. The number of rotatable bonds is 5. The van der Waals surface area contributed by atoms with Gasteiger partial charge in [-0.15, -0.1) is 0 Å². The van der Waals surface area contributed by atoms with Crippen LogP contribution >= 0.6 is 11.8 Å². The maximum atomic E-state index is 13.4. The van der Waals surface area contributed by atoms with Gasteiger partial charge < -0.3 is 4.52 Å². The van der Waals surface area contributed by atoms with Crippen LogP contribution < -0.4 is 5.56 Å². The Labute approximate surface area is 167 Å². The maximum Gasteiger partial charge on any atom is 0.266 e. The van der Waals surface area contributed by atoms with Crippen LogP contribution in [0, 0.1) is 6.92 Å². The Kier molecular flexibility index (Phi) is 5.05. The summed E-state index contributed by atoms with van der Waals surface area (Å²) in [5.41, 5.74) is 3.45. The third-order valence-electron chi connectivity index (χ3n) is 4.57. The smallest absolute Gasteiger partial charge is 0.266 e. The maximum absolute atomic E-state index is 13.4. The summed E-state index contributed by atoms with van der Waals surface area (Å²) < 4.78 is 6.89. The van der Waals surface area contributed by atoms with Gasteiger partial charge in [0.05, 0.1) is 22.3 Å². The highest BCUT2D eigenvalue weighted by atomic mass is 32.2. The highest BCUT2D eigenvalue weighted by Gasteiger charge is 2.17. The number of fused-ring (bicyclic) bond motifs is 1. The predicted molar refractivity (Wildman–Crippen MR) is 112 cm³/mol. The van der Waals surface area contributed by atoms with E-state index in [2.05, 4.69) is 25.1 Å². The fourth-order valence-corrected chi connectivity index (χ4v) is 4.11. The van der Waals surface area contributed by atoms with Gasteiger partial charge in [0.15, 0.2) is 5.16 Å². The van der Waals surface area contributed by atoms with E-state index < -0.39 is 0 Å². The molecule has 0 amide bonds. The second-order valence-electron chi connectivity index (χ2n) is 6.98. The normalized spacial score (nSPS) is 11.4. The number of hydrogen-bond donors (Lipinski definition) is 0. The average molecular weight is 391 g/mol. The molecule has 0 saturated heterocycles. The molecule has 0 atom stereocenters. The lowest BCUT2D eigenvalue weighted by Crippen LogP contribution is -2.23. The number of nitrogens with zero attached hydrogens (tertiary/aromatic N) is 3. The van der Waals surface area contributed by atoms with Crippen LogP contribution in [0.4, 0.5) is 0 Å². The van der Waals surface area contributed by atoms with Gasteiger partial charge in [-0.1, -0.05) is 61.1 Å². The SMILES string of the molecule is Cc1cc(CSc2nc3ccccc3c(=O)n2-c2ccccc2C(C)C)no1. The second kappa shape index (κ2) is 7.64. The van der Waals surface area contributed by atoms with Crippen LogP contribution in [0.25, 0.3) is 16.6 Å². The molecule has 6 heteroatoms. The highest BCUT2D eigenvalue weighted by molar-refractivity contribution is 7.98. The molecule has 5 nitrogen and oxygen atoms in total. The van der Waals surface area contributed by atoms with Gasteiger partial charge in [0.25, 0.3) is 5.56 Å². The van der Waals surface area contributed by atoms with Crippen molar-refractivity contribution >= 4 is 22.7 Å². The van der Waals surface area contributed by atoms with Crippen LogP contribution in [0.15, 0.2) is 69.1 Å². The fraction of sp³-hybridized carbons (Fsp3) is 0.227. The van der Waals surface area contributed by atoms with Crippen LogP contribution in [0.2, 0.25) is 0 Å². The van der Waals surface area contributed by atoms with E-state index in [4.69, 9.17) is 9.51 Å². The van der Waals surface area contributed by atoms with Crippen LogP contribution in [-0.2, 0) is 5.75 Å². The molecule has 2 heterocycles. The number of hydrogen-bond acceptors (Lipinski definition) is 5. The number of para-hydroxylation sites is 2. The van der Waals surface area contributed by atoms with Gasteiger partial charge in [-0.25, -0.2) is 4.98 Å². The molecule has 2 aromatic carbocycles. The molecular weight excluding hydrogens is 370 g/mol. The second-order valence-corrected chi connectivity index (χ2v) is 7.93. The number of aromatic nitrogens is 3. The summed E-state index contributed by atoms with van der Waals surface area (Å²) >= 11 is 1.49. The Hall–Kier alpha value is -2.86. The van der Waals surface area contributed by atoms with Gasteiger partial charge in [-0.05, 0) is 36.6 Å². The van der Waals surface area contributed by atoms with Gasteiger partial charge >= 0.3 is 0 Å². The van der Waals surface area contributed by atoms with Crippen LogP contribution in [0.3, 0.4) is 0 Å². The zero-order chi connectivity index (χ0) is 19.7. The first kappa shape index (κ1) is 18.5. The van der Waals surface area contributed by atoms with Crippen molar-refractivity contribution in [3.05, 3.63) is 82.0 Å². The molecular formula is C22H21N3O2S. The molecule has 0 unspecified atom stereocenters. The van der Waals surface area contributed by atoms with Gasteiger partial charge in [0, 0.05) is 11.8 Å². The van der Waals surface area contributed by atoms with Gasteiger partial charge in [0.1, 0.15) is 5.76 Å². The zero-order valence-corrected chi connectivity index (χ0v) is 16.9. The predicted octanol–water partition coefficient (Wildman–Crippen LogP) is 5.10. The minimum Gasteiger partial charge on any atom is -0.361 e. The lowest BCUT2D eigenvalue weighted by atomic mass is 10.0. The highest BCUT2D eigenvalue weighted by Crippen LogP contribution is 2.28. The number of thioether (sulfide) groups is 1. The molecule has 0 saturated carbocycles. The first-order chi connectivity index (χ1) is 13.5. The summed E-state index contributed by atoms with van der Waals surface area (Å²) in [7, 11) is 0. The van der Waals surface area contributed by atoms with Gasteiger partial charge in [-0.2, -0.15) is 0 Å². The summed E-state index contributed by atoms with van der Waals surface area (Å²) in [6.07, 6.45) is 0. The molecule has 0 aliphatic carbocycles. The monoisotopic (exact) mass is 391 g/mol. The first-order valence-corrected chi connectivity index (χ1v) is 10.2. The molecule has 0 spiro atoms. The van der Waals surface area contributed by atoms with Crippen molar-refractivity contribution in [2.45, 2.75) is 37.6 Å². The standard InChI is InChI=1S/C22H21N3O2S/c1-14(2)17-8-5-7-11-20(17)25-21(26)18-9-4-6-10-19(18)23-22(25)28-13-16-12-15(3)27-24-16/h4-12,14H,13H2,1-3H3. The summed E-state index contributed by atoms with van der Waals surface area (Å²) in [4.78, 5) is 18.2. The van der Waals surface area contributed by atoms with E-state index in [0.29, 0.717) is 21.8 Å². The zero-order valence-electron chi connectivity index (χ0n) is 16.0. The molecule has 2 aromatic heterocycles. The van der Waals surface area contributed by atoms with Crippen molar-refractivity contribution in [1.29, 1.82) is 0 Å². The molecule has 0 bridgehead atoms. The average Bonchev–Trinajstić information content (AvgIpc) is 3.12. The lowest BCUT2D eigenvalue weighted by molar-refractivity contribution is 0.393. The quantitative estimate of drug-likeness (QED) is 0.350.